The molecule has 2 aromatic carbocycles. The maximum Gasteiger partial charge on any atom is 0.234 e. The Balaban J connectivity index is 1.65. The number of thioether (sulfide) groups is 1. The highest BCUT2D eigenvalue weighted by molar-refractivity contribution is 7.99. The predicted octanol–water partition coefficient (Wildman–Crippen LogP) is 3.71. The number of nitrogens with two attached hydrogens (primary N) is 1. The molecule has 7 nitrogen and oxygen atoms in total. The molecule has 0 aliphatic heterocycles. The summed E-state index contributed by atoms with van der Waals surface area (Å²) < 4.78 is 6.47. The van der Waals surface area contributed by atoms with Crippen molar-refractivity contribution in [3.8, 4) is 17.1 Å². The van der Waals surface area contributed by atoms with Gasteiger partial charge in [0, 0.05) is 10.6 Å². The molecule has 1 heterocycles. The van der Waals surface area contributed by atoms with Gasteiger partial charge in [0.25, 0.3) is 0 Å². The molecule has 0 fully saturated rings. The number of hydrogen-bond acceptors (Lipinski definition) is 6. The Morgan fingerprint density at radius 2 is 1.96 bits per heavy atom. The van der Waals surface area contributed by atoms with Gasteiger partial charge in [-0.25, -0.2) is 4.68 Å². The maximum atomic E-state index is 12.2. The molecule has 3 rings (SSSR count). The van der Waals surface area contributed by atoms with Crippen molar-refractivity contribution in [2.75, 3.05) is 24.0 Å². The van der Waals surface area contributed by atoms with Crippen LogP contribution in [-0.4, -0.2) is 33.6 Å². The van der Waals surface area contributed by atoms with Gasteiger partial charge < -0.3 is 15.9 Å². The molecule has 10 heteroatoms. The highest BCUT2D eigenvalue weighted by atomic mass is 35.5. The second-order valence-electron chi connectivity index (χ2n) is 5.37. The summed E-state index contributed by atoms with van der Waals surface area (Å²) in [7, 11) is 1.59. The van der Waals surface area contributed by atoms with Gasteiger partial charge in [-0.3, -0.25) is 4.79 Å². The summed E-state index contributed by atoms with van der Waals surface area (Å²) in [5, 5.41) is 12.1. The summed E-state index contributed by atoms with van der Waals surface area (Å²) in [6.45, 7) is 0. The third kappa shape index (κ3) is 4.65. The normalized spacial score (nSPS) is 10.6. The topological polar surface area (TPSA) is 95.1 Å². The molecule has 3 aromatic rings. The molecule has 0 aliphatic carbocycles. The first-order valence-electron chi connectivity index (χ1n) is 7.70. The minimum absolute atomic E-state index is 0.0841. The van der Waals surface area contributed by atoms with Crippen molar-refractivity contribution in [2.45, 2.75) is 5.16 Å². The zero-order valence-electron chi connectivity index (χ0n) is 14.1. The molecule has 0 saturated carbocycles. The van der Waals surface area contributed by atoms with Crippen molar-refractivity contribution in [3.05, 3.63) is 52.5 Å². The van der Waals surface area contributed by atoms with E-state index in [0.29, 0.717) is 26.7 Å². The van der Waals surface area contributed by atoms with E-state index < -0.39 is 0 Å². The summed E-state index contributed by atoms with van der Waals surface area (Å²) >= 11 is 13.1. The average molecular weight is 424 g/mol. The van der Waals surface area contributed by atoms with E-state index in [1.165, 1.54) is 4.68 Å². The van der Waals surface area contributed by atoms with Crippen LogP contribution in [0, 0.1) is 0 Å². The largest absolute Gasteiger partial charge is 0.497 e. The second-order valence-corrected chi connectivity index (χ2v) is 7.15. The fraction of sp³-hybridized carbons (Fsp3) is 0.118. The number of anilines is 1. The number of amides is 1. The molecule has 0 saturated heterocycles. The number of methoxy groups -OCH3 is 1. The number of nitrogens with one attached hydrogen (secondary N) is 1. The number of rotatable bonds is 6. The van der Waals surface area contributed by atoms with E-state index in [2.05, 4.69) is 15.5 Å². The Morgan fingerprint density at radius 1 is 1.22 bits per heavy atom. The van der Waals surface area contributed by atoms with Gasteiger partial charge >= 0.3 is 0 Å². The summed E-state index contributed by atoms with van der Waals surface area (Å²) in [5.41, 5.74) is 1.23. The lowest BCUT2D eigenvalue weighted by atomic mass is 10.2. The molecule has 1 amide bonds. The number of nitrogen functional groups attached to an aromatic ring is 1. The van der Waals surface area contributed by atoms with Crippen LogP contribution >= 0.6 is 35.0 Å². The quantitative estimate of drug-likeness (QED) is 0.463. The van der Waals surface area contributed by atoms with Crippen LogP contribution in [0.25, 0.3) is 11.4 Å². The van der Waals surface area contributed by atoms with Gasteiger partial charge in [0.2, 0.25) is 11.1 Å². The van der Waals surface area contributed by atoms with Gasteiger partial charge in [-0.15, -0.1) is 10.2 Å². The van der Waals surface area contributed by atoms with E-state index in [-0.39, 0.29) is 11.7 Å². The fourth-order valence-electron chi connectivity index (χ4n) is 2.22. The number of nitrogens with zero attached hydrogens (tertiary/aromatic N) is 3. The van der Waals surface area contributed by atoms with Gasteiger partial charge in [0.05, 0.1) is 23.6 Å². The molecule has 0 aliphatic rings. The highest BCUT2D eigenvalue weighted by Gasteiger charge is 2.14. The van der Waals surface area contributed by atoms with Crippen LogP contribution < -0.4 is 15.9 Å². The van der Waals surface area contributed by atoms with Crippen LogP contribution in [0.3, 0.4) is 0 Å². The van der Waals surface area contributed by atoms with Crippen LogP contribution in [0.5, 0.6) is 5.75 Å². The van der Waals surface area contributed by atoms with Crippen molar-refractivity contribution in [1.82, 2.24) is 14.9 Å². The third-order valence-corrected chi connectivity index (χ3v) is 5.06. The lowest BCUT2D eigenvalue weighted by Gasteiger charge is -2.07. The Kier molecular flexibility index (Phi) is 6.10. The standard InChI is InChI=1S/C17H15Cl2N5O2S/c1-26-12-5-2-10(3-6-12)16-22-23-17(24(16)20)27-9-15(25)21-14-8-11(18)4-7-13(14)19/h2-8H,9,20H2,1H3,(H,21,25). The summed E-state index contributed by atoms with van der Waals surface area (Å²) in [5.74, 6) is 7.09. The molecule has 0 bridgehead atoms. The Hall–Kier alpha value is -2.42. The Labute approximate surface area is 169 Å². The van der Waals surface area contributed by atoms with Crippen LogP contribution in [0.1, 0.15) is 0 Å². The molecule has 0 atom stereocenters. The number of carbonyl (C=O) groups excluding carboxylic acids is 1. The first kappa shape index (κ1) is 19.3. The van der Waals surface area contributed by atoms with Gasteiger partial charge in [-0.05, 0) is 42.5 Å². The summed E-state index contributed by atoms with van der Waals surface area (Å²) in [6, 6.07) is 12.1. The Bertz CT molecular complexity index is 962. The third-order valence-electron chi connectivity index (χ3n) is 3.55. The molecule has 0 radical (unpaired) electrons. The minimum Gasteiger partial charge on any atom is -0.497 e. The Morgan fingerprint density at radius 3 is 2.67 bits per heavy atom. The zero-order valence-corrected chi connectivity index (χ0v) is 16.5. The second kappa shape index (κ2) is 8.51. The highest BCUT2D eigenvalue weighted by Crippen LogP contribution is 2.26. The van der Waals surface area contributed by atoms with Gasteiger partial charge in [0.1, 0.15) is 5.75 Å². The molecule has 0 spiro atoms. The number of benzene rings is 2. The first-order chi connectivity index (χ1) is 13.0. The summed E-state index contributed by atoms with van der Waals surface area (Å²) in [6.07, 6.45) is 0. The average Bonchev–Trinajstić information content (AvgIpc) is 3.03. The van der Waals surface area contributed by atoms with Gasteiger partial charge in [-0.2, -0.15) is 0 Å². The van der Waals surface area contributed by atoms with Crippen molar-refractivity contribution < 1.29 is 9.53 Å². The van der Waals surface area contributed by atoms with E-state index in [0.717, 1.165) is 23.1 Å². The van der Waals surface area contributed by atoms with Crippen molar-refractivity contribution in [3.63, 3.8) is 0 Å². The number of carbonyl (C=O) groups is 1. The fourth-order valence-corrected chi connectivity index (χ4v) is 3.22. The monoisotopic (exact) mass is 423 g/mol. The molecule has 1 aromatic heterocycles. The van der Waals surface area contributed by atoms with Crippen LogP contribution in [-0.2, 0) is 4.79 Å². The maximum absolute atomic E-state index is 12.2. The zero-order chi connectivity index (χ0) is 19.4. The van der Waals surface area contributed by atoms with Gasteiger partial charge in [-0.1, -0.05) is 35.0 Å². The molecule has 3 N–H and O–H groups in total. The number of hydrogen-bond donors (Lipinski definition) is 2. The van der Waals surface area contributed by atoms with Crippen LogP contribution in [0.2, 0.25) is 10.0 Å². The molecular weight excluding hydrogens is 409 g/mol. The van der Waals surface area contributed by atoms with E-state index in [9.17, 15) is 4.79 Å². The van der Waals surface area contributed by atoms with Crippen molar-refractivity contribution >= 4 is 46.6 Å². The predicted molar refractivity (Wildman–Crippen MR) is 108 cm³/mol. The first-order valence-corrected chi connectivity index (χ1v) is 9.44. The van der Waals surface area contributed by atoms with E-state index in [4.69, 9.17) is 33.8 Å². The molecule has 27 heavy (non-hydrogen) atoms. The van der Waals surface area contributed by atoms with Crippen LogP contribution in [0.15, 0.2) is 47.6 Å². The number of halogens is 2. The molecule has 140 valence electrons. The van der Waals surface area contributed by atoms with E-state index in [1.807, 2.05) is 12.1 Å². The minimum atomic E-state index is -0.266. The lowest BCUT2D eigenvalue weighted by Crippen LogP contribution is -2.16. The number of ether oxygens (including phenoxy) is 1. The number of aromatic nitrogens is 3. The SMILES string of the molecule is COc1ccc(-c2nnc(SCC(=O)Nc3cc(Cl)ccc3Cl)n2N)cc1. The van der Waals surface area contributed by atoms with Gasteiger partial charge in [0.15, 0.2) is 5.82 Å². The smallest absolute Gasteiger partial charge is 0.234 e. The molecular formula is C17H15Cl2N5O2S. The summed E-state index contributed by atoms with van der Waals surface area (Å²) in [4.78, 5) is 12.2. The van der Waals surface area contributed by atoms with E-state index in [1.54, 1.807) is 37.4 Å². The molecule has 0 unspecified atom stereocenters. The van der Waals surface area contributed by atoms with Crippen molar-refractivity contribution in [2.24, 2.45) is 0 Å². The van der Waals surface area contributed by atoms with Crippen molar-refractivity contribution in [1.29, 1.82) is 0 Å². The van der Waals surface area contributed by atoms with Crippen LogP contribution in [0.4, 0.5) is 5.69 Å². The lowest BCUT2D eigenvalue weighted by molar-refractivity contribution is -0.113. The van der Waals surface area contributed by atoms with E-state index >= 15 is 0 Å².